The van der Waals surface area contributed by atoms with Gasteiger partial charge in [0.05, 0.1) is 13.2 Å². The molecule has 2 aliphatic rings. The van der Waals surface area contributed by atoms with Crippen molar-refractivity contribution in [1.29, 1.82) is 0 Å². The summed E-state index contributed by atoms with van der Waals surface area (Å²) in [4.78, 5) is 0. The normalized spacial score (nSPS) is 27.4. The van der Waals surface area contributed by atoms with Crippen molar-refractivity contribution in [2.75, 3.05) is 13.2 Å². The molecule has 2 rings (SSSR count). The first-order chi connectivity index (χ1) is 8.66. The molecule has 1 fully saturated rings. The molecule has 5 nitrogen and oxygen atoms in total. The first kappa shape index (κ1) is 14.6. The van der Waals surface area contributed by atoms with Crippen LogP contribution in [0.5, 0.6) is 0 Å². The van der Waals surface area contributed by atoms with E-state index >= 15 is 0 Å². The molecule has 0 aromatic rings. The van der Waals surface area contributed by atoms with Crippen molar-refractivity contribution in [2.24, 2.45) is 5.92 Å². The third-order valence-electron chi connectivity index (χ3n) is 3.13. The lowest BCUT2D eigenvalue weighted by molar-refractivity contribution is -0.189. The van der Waals surface area contributed by atoms with E-state index in [2.05, 4.69) is 4.18 Å². The second kappa shape index (κ2) is 4.64. The van der Waals surface area contributed by atoms with E-state index in [-0.39, 0.29) is 24.5 Å². The van der Waals surface area contributed by atoms with Crippen LogP contribution in [0.15, 0.2) is 11.8 Å². The van der Waals surface area contributed by atoms with E-state index in [1.165, 1.54) is 6.08 Å². The molecule has 9 heteroatoms. The molecule has 1 atom stereocenters. The Labute approximate surface area is 108 Å². The Morgan fingerprint density at radius 3 is 2.42 bits per heavy atom. The maximum absolute atomic E-state index is 12.2. The summed E-state index contributed by atoms with van der Waals surface area (Å²) in [5.74, 6) is -1.48. The van der Waals surface area contributed by atoms with Crippen LogP contribution in [0.3, 0.4) is 0 Å². The number of ether oxygens (including phenoxy) is 2. The summed E-state index contributed by atoms with van der Waals surface area (Å²) >= 11 is 0. The van der Waals surface area contributed by atoms with Crippen LogP contribution in [0.1, 0.15) is 19.8 Å². The Kier molecular flexibility index (Phi) is 3.56. The van der Waals surface area contributed by atoms with Crippen LogP contribution in [-0.2, 0) is 23.8 Å². The molecule has 1 unspecified atom stereocenters. The summed E-state index contributed by atoms with van der Waals surface area (Å²) in [6, 6.07) is 0. The van der Waals surface area contributed by atoms with Gasteiger partial charge in [-0.3, -0.25) is 0 Å². The van der Waals surface area contributed by atoms with E-state index in [4.69, 9.17) is 9.47 Å². The summed E-state index contributed by atoms with van der Waals surface area (Å²) in [5.41, 5.74) is -5.42. The van der Waals surface area contributed by atoms with Gasteiger partial charge in [0.1, 0.15) is 5.76 Å². The highest BCUT2D eigenvalue weighted by molar-refractivity contribution is 7.87. The van der Waals surface area contributed by atoms with Crippen molar-refractivity contribution in [3.05, 3.63) is 11.8 Å². The van der Waals surface area contributed by atoms with Gasteiger partial charge in [0.2, 0.25) is 0 Å². The van der Waals surface area contributed by atoms with Crippen LogP contribution < -0.4 is 0 Å². The molecule has 0 aromatic carbocycles. The fourth-order valence-corrected chi connectivity index (χ4v) is 2.66. The van der Waals surface area contributed by atoms with E-state index < -0.39 is 21.4 Å². The van der Waals surface area contributed by atoms with Crippen LogP contribution in [0.25, 0.3) is 0 Å². The minimum absolute atomic E-state index is 0.0135. The molecule has 1 saturated heterocycles. The minimum Gasteiger partial charge on any atom is -0.381 e. The number of hydrogen-bond donors (Lipinski definition) is 0. The molecule has 1 aliphatic heterocycles. The molecule has 0 amide bonds. The predicted octanol–water partition coefficient (Wildman–Crippen LogP) is 1.91. The molecule has 0 radical (unpaired) electrons. The van der Waals surface area contributed by atoms with Gasteiger partial charge in [-0.1, -0.05) is 6.92 Å². The molecule has 110 valence electrons. The summed E-state index contributed by atoms with van der Waals surface area (Å²) in [7, 11) is -5.61. The first-order valence-electron chi connectivity index (χ1n) is 5.66. The van der Waals surface area contributed by atoms with Gasteiger partial charge < -0.3 is 13.7 Å². The van der Waals surface area contributed by atoms with Gasteiger partial charge >= 0.3 is 15.6 Å². The van der Waals surface area contributed by atoms with Crippen molar-refractivity contribution in [1.82, 2.24) is 0 Å². The lowest BCUT2D eigenvalue weighted by Gasteiger charge is -2.35. The lowest BCUT2D eigenvalue weighted by Crippen LogP contribution is -2.40. The summed E-state index contributed by atoms with van der Waals surface area (Å²) in [6.45, 7) is 2.50. The van der Waals surface area contributed by atoms with Gasteiger partial charge in [-0.05, 0) is 6.08 Å². The Balaban J connectivity index is 2.13. The van der Waals surface area contributed by atoms with Gasteiger partial charge in [0.25, 0.3) is 0 Å². The highest BCUT2D eigenvalue weighted by Crippen LogP contribution is 2.40. The number of alkyl halides is 3. The lowest BCUT2D eigenvalue weighted by atomic mass is 9.89. The van der Waals surface area contributed by atoms with Gasteiger partial charge in [-0.15, -0.1) is 0 Å². The summed E-state index contributed by atoms with van der Waals surface area (Å²) in [5, 5.41) is 0. The van der Waals surface area contributed by atoms with Crippen LogP contribution in [0, 0.1) is 5.92 Å². The van der Waals surface area contributed by atoms with E-state index in [0.29, 0.717) is 13.2 Å². The maximum Gasteiger partial charge on any atom is 0.534 e. The van der Waals surface area contributed by atoms with Gasteiger partial charge in [-0.25, -0.2) is 0 Å². The SMILES string of the molecule is CC1C=C(OS(=O)(=O)C(F)(F)F)CCC12OCCO2. The van der Waals surface area contributed by atoms with Crippen molar-refractivity contribution in [3.8, 4) is 0 Å². The standard InChI is InChI=1S/C10H13F3O5S/c1-7-6-8(18-19(14,15)10(11,12)13)2-3-9(7)16-4-5-17-9/h6-7H,2-5H2,1H3. The van der Waals surface area contributed by atoms with Crippen LogP contribution in [-0.4, -0.2) is 32.9 Å². The quantitative estimate of drug-likeness (QED) is 0.576. The van der Waals surface area contributed by atoms with Gasteiger partial charge in [-0.2, -0.15) is 21.6 Å². The molecule has 0 saturated carbocycles. The largest absolute Gasteiger partial charge is 0.534 e. The molecule has 1 aliphatic carbocycles. The van der Waals surface area contributed by atoms with Crippen molar-refractivity contribution in [2.45, 2.75) is 31.1 Å². The highest BCUT2D eigenvalue weighted by Gasteiger charge is 2.50. The van der Waals surface area contributed by atoms with Gasteiger partial charge in [0, 0.05) is 18.8 Å². The second-order valence-electron chi connectivity index (χ2n) is 4.41. The number of hydrogen-bond acceptors (Lipinski definition) is 5. The smallest absolute Gasteiger partial charge is 0.381 e. The average Bonchev–Trinajstić information content (AvgIpc) is 2.72. The molecular weight excluding hydrogens is 289 g/mol. The Morgan fingerprint density at radius 2 is 1.95 bits per heavy atom. The zero-order valence-electron chi connectivity index (χ0n) is 10.1. The van der Waals surface area contributed by atoms with Gasteiger partial charge in [0.15, 0.2) is 5.79 Å². The molecule has 0 aromatic heterocycles. The number of halogens is 3. The molecule has 1 heterocycles. The topological polar surface area (TPSA) is 61.8 Å². The molecule has 1 spiro atoms. The van der Waals surface area contributed by atoms with Crippen LogP contribution in [0.4, 0.5) is 13.2 Å². The van der Waals surface area contributed by atoms with E-state index in [1.807, 2.05) is 0 Å². The number of rotatable bonds is 2. The van der Waals surface area contributed by atoms with E-state index in [9.17, 15) is 21.6 Å². The zero-order chi connectivity index (χ0) is 14.3. The van der Waals surface area contributed by atoms with Crippen molar-refractivity contribution in [3.63, 3.8) is 0 Å². The maximum atomic E-state index is 12.2. The summed E-state index contributed by atoms with van der Waals surface area (Å²) < 4.78 is 73.4. The third-order valence-corrected chi connectivity index (χ3v) is 4.13. The van der Waals surface area contributed by atoms with Crippen LogP contribution in [0.2, 0.25) is 0 Å². The van der Waals surface area contributed by atoms with Crippen molar-refractivity contribution >= 4 is 10.1 Å². The molecule has 0 N–H and O–H groups in total. The van der Waals surface area contributed by atoms with E-state index in [0.717, 1.165) is 0 Å². The zero-order valence-corrected chi connectivity index (χ0v) is 10.9. The Morgan fingerprint density at radius 1 is 1.37 bits per heavy atom. The molecular formula is C10H13F3O5S. The Bertz CT molecular complexity index is 476. The fraction of sp³-hybridized carbons (Fsp3) is 0.800. The van der Waals surface area contributed by atoms with Crippen LogP contribution >= 0.6 is 0 Å². The minimum atomic E-state index is -5.61. The fourth-order valence-electron chi connectivity index (χ4n) is 2.15. The van der Waals surface area contributed by atoms with E-state index in [1.54, 1.807) is 6.92 Å². The summed E-state index contributed by atoms with van der Waals surface area (Å²) in [6.07, 6.45) is 1.57. The average molecular weight is 302 g/mol. The number of allylic oxidation sites excluding steroid dienone is 1. The Hall–Kier alpha value is -0.800. The molecule has 19 heavy (non-hydrogen) atoms. The highest BCUT2D eigenvalue weighted by atomic mass is 32.2. The first-order valence-corrected chi connectivity index (χ1v) is 7.06. The molecule has 0 bridgehead atoms. The monoisotopic (exact) mass is 302 g/mol. The predicted molar refractivity (Wildman–Crippen MR) is 57.2 cm³/mol. The van der Waals surface area contributed by atoms with Crippen molar-refractivity contribution < 1.29 is 35.2 Å². The third kappa shape index (κ3) is 2.72. The second-order valence-corrected chi connectivity index (χ2v) is 5.95.